The van der Waals surface area contributed by atoms with Crippen molar-refractivity contribution in [3.05, 3.63) is 47.7 Å². The molecule has 1 heterocycles. The van der Waals surface area contributed by atoms with E-state index < -0.39 is 0 Å². The molecule has 0 bridgehead atoms. The van der Waals surface area contributed by atoms with Crippen LogP contribution in [0.25, 0.3) is 10.9 Å². The predicted octanol–water partition coefficient (Wildman–Crippen LogP) is 3.94. The van der Waals surface area contributed by atoms with Crippen molar-refractivity contribution in [3.63, 3.8) is 0 Å². The van der Waals surface area contributed by atoms with Crippen molar-refractivity contribution in [2.45, 2.75) is 19.3 Å². The number of methoxy groups -OCH3 is 3. The van der Waals surface area contributed by atoms with E-state index in [0.29, 0.717) is 23.6 Å². The van der Waals surface area contributed by atoms with Gasteiger partial charge < -0.3 is 24.5 Å². The van der Waals surface area contributed by atoms with E-state index in [-0.39, 0.29) is 11.8 Å². The predicted molar refractivity (Wildman–Crippen MR) is 109 cm³/mol. The van der Waals surface area contributed by atoms with Crippen molar-refractivity contribution in [3.8, 4) is 17.2 Å². The first kappa shape index (κ1) is 18.2. The molecule has 2 aromatic carbocycles. The molecule has 146 valence electrons. The molecular formula is C22H24N2O4. The molecule has 0 radical (unpaired) electrons. The highest BCUT2D eigenvalue weighted by Gasteiger charge is 2.28. The van der Waals surface area contributed by atoms with Crippen LogP contribution >= 0.6 is 0 Å². The van der Waals surface area contributed by atoms with E-state index >= 15 is 0 Å². The Labute approximate surface area is 163 Å². The minimum Gasteiger partial charge on any atom is -0.497 e. The molecule has 0 fully saturated rings. The number of ether oxygens (including phenoxy) is 3. The average molecular weight is 380 g/mol. The second-order valence-electron chi connectivity index (χ2n) is 6.99. The highest BCUT2D eigenvalue weighted by molar-refractivity contribution is 5.95. The lowest BCUT2D eigenvalue weighted by atomic mass is 9.85. The maximum atomic E-state index is 13.0. The van der Waals surface area contributed by atoms with E-state index in [1.807, 2.05) is 18.2 Å². The number of fused-ring (bicyclic) bond motifs is 3. The Hall–Kier alpha value is -3.15. The Morgan fingerprint density at radius 3 is 2.54 bits per heavy atom. The minimum atomic E-state index is -0.103. The van der Waals surface area contributed by atoms with Gasteiger partial charge in [-0.25, -0.2) is 0 Å². The summed E-state index contributed by atoms with van der Waals surface area (Å²) >= 11 is 0. The zero-order chi connectivity index (χ0) is 19.7. The Bertz CT molecular complexity index is 1020. The Kier molecular flexibility index (Phi) is 4.86. The van der Waals surface area contributed by atoms with Crippen LogP contribution < -0.4 is 19.5 Å². The molecule has 6 heteroatoms. The molecule has 28 heavy (non-hydrogen) atoms. The molecule has 1 aliphatic rings. The van der Waals surface area contributed by atoms with Gasteiger partial charge >= 0.3 is 0 Å². The second-order valence-corrected chi connectivity index (χ2v) is 6.99. The van der Waals surface area contributed by atoms with Gasteiger partial charge in [0, 0.05) is 28.6 Å². The molecule has 0 saturated heterocycles. The summed E-state index contributed by atoms with van der Waals surface area (Å²) in [5, 5.41) is 4.15. The number of aromatic amines is 1. The number of carbonyl (C=O) groups is 1. The molecule has 4 rings (SSSR count). The normalized spacial score (nSPS) is 15.8. The molecular weight excluding hydrogens is 356 g/mol. The monoisotopic (exact) mass is 380 g/mol. The van der Waals surface area contributed by atoms with Gasteiger partial charge in [0.1, 0.15) is 17.2 Å². The van der Waals surface area contributed by atoms with Crippen molar-refractivity contribution in [2.24, 2.45) is 5.92 Å². The van der Waals surface area contributed by atoms with E-state index in [1.54, 1.807) is 39.5 Å². The summed E-state index contributed by atoms with van der Waals surface area (Å²) in [5.74, 6) is 2.00. The van der Waals surface area contributed by atoms with Gasteiger partial charge in [0.15, 0.2) is 0 Å². The van der Waals surface area contributed by atoms with Crippen LogP contribution in [0.1, 0.15) is 17.7 Å². The van der Waals surface area contributed by atoms with Gasteiger partial charge in [-0.05, 0) is 55.2 Å². The number of benzene rings is 2. The number of rotatable bonds is 5. The van der Waals surface area contributed by atoms with Crippen LogP contribution in [0.4, 0.5) is 5.69 Å². The van der Waals surface area contributed by atoms with E-state index in [4.69, 9.17) is 14.2 Å². The van der Waals surface area contributed by atoms with Gasteiger partial charge in [-0.1, -0.05) is 0 Å². The number of amides is 1. The average Bonchev–Trinajstić information content (AvgIpc) is 3.10. The number of hydrogen-bond acceptors (Lipinski definition) is 4. The van der Waals surface area contributed by atoms with Crippen molar-refractivity contribution < 1.29 is 19.0 Å². The van der Waals surface area contributed by atoms with Crippen LogP contribution in [0, 0.1) is 5.92 Å². The van der Waals surface area contributed by atoms with Crippen molar-refractivity contribution >= 4 is 22.5 Å². The Balaban J connectivity index is 1.58. The van der Waals surface area contributed by atoms with Crippen LogP contribution in [0.2, 0.25) is 0 Å². The Morgan fingerprint density at radius 2 is 1.79 bits per heavy atom. The van der Waals surface area contributed by atoms with Crippen LogP contribution in [-0.2, 0) is 17.6 Å². The van der Waals surface area contributed by atoms with Crippen molar-refractivity contribution in [2.75, 3.05) is 26.6 Å². The van der Waals surface area contributed by atoms with Gasteiger partial charge in [0.2, 0.25) is 5.91 Å². The third kappa shape index (κ3) is 3.26. The molecule has 3 aromatic rings. The van der Waals surface area contributed by atoms with Gasteiger partial charge in [0.05, 0.1) is 27.0 Å². The number of H-pyrrole nitrogens is 1. The summed E-state index contributed by atoms with van der Waals surface area (Å²) < 4.78 is 16.0. The molecule has 6 nitrogen and oxygen atoms in total. The fraction of sp³-hybridized carbons (Fsp3) is 0.318. The van der Waals surface area contributed by atoms with Crippen LogP contribution in [-0.4, -0.2) is 32.2 Å². The summed E-state index contributed by atoms with van der Waals surface area (Å²) in [7, 11) is 4.85. The zero-order valence-corrected chi connectivity index (χ0v) is 16.3. The van der Waals surface area contributed by atoms with Crippen molar-refractivity contribution in [1.82, 2.24) is 4.98 Å². The number of nitrogens with one attached hydrogen (secondary N) is 2. The lowest BCUT2D eigenvalue weighted by Gasteiger charge is -2.22. The third-order valence-corrected chi connectivity index (χ3v) is 5.43. The van der Waals surface area contributed by atoms with E-state index in [2.05, 4.69) is 10.3 Å². The molecule has 2 N–H and O–H groups in total. The van der Waals surface area contributed by atoms with Crippen LogP contribution in [0.3, 0.4) is 0 Å². The van der Waals surface area contributed by atoms with E-state index in [1.165, 1.54) is 11.3 Å². The fourth-order valence-corrected chi connectivity index (χ4v) is 3.89. The summed E-state index contributed by atoms with van der Waals surface area (Å²) in [6.45, 7) is 0. The highest BCUT2D eigenvalue weighted by atomic mass is 16.5. The molecule has 1 amide bonds. The third-order valence-electron chi connectivity index (χ3n) is 5.43. The van der Waals surface area contributed by atoms with Crippen molar-refractivity contribution in [1.29, 1.82) is 0 Å². The molecule has 1 aromatic heterocycles. The van der Waals surface area contributed by atoms with Gasteiger partial charge in [-0.2, -0.15) is 0 Å². The standard InChI is InChI=1S/C22H24N2O4/c1-26-14-5-8-19-17(11-14)16-10-13(4-7-18(16)23-19)22(25)24-20-12-15(27-2)6-9-21(20)28-3/h5-6,8-9,11-13,23H,4,7,10H2,1-3H3,(H,24,25). The number of carbonyl (C=O) groups excluding carboxylic acids is 1. The highest BCUT2D eigenvalue weighted by Crippen LogP contribution is 2.35. The van der Waals surface area contributed by atoms with Crippen LogP contribution in [0.15, 0.2) is 36.4 Å². The van der Waals surface area contributed by atoms with E-state index in [0.717, 1.165) is 29.5 Å². The maximum absolute atomic E-state index is 13.0. The first-order valence-corrected chi connectivity index (χ1v) is 9.33. The number of aryl methyl sites for hydroxylation is 1. The summed E-state index contributed by atoms with van der Waals surface area (Å²) in [5.41, 5.74) is 4.13. The summed E-state index contributed by atoms with van der Waals surface area (Å²) in [6.07, 6.45) is 2.34. The summed E-state index contributed by atoms with van der Waals surface area (Å²) in [4.78, 5) is 16.5. The topological polar surface area (TPSA) is 72.6 Å². The van der Waals surface area contributed by atoms with Crippen LogP contribution in [0.5, 0.6) is 17.2 Å². The number of aromatic nitrogens is 1. The molecule has 0 aliphatic heterocycles. The Morgan fingerprint density at radius 1 is 1.04 bits per heavy atom. The van der Waals surface area contributed by atoms with Gasteiger partial charge in [-0.3, -0.25) is 4.79 Å². The lowest BCUT2D eigenvalue weighted by molar-refractivity contribution is -0.120. The molecule has 1 atom stereocenters. The molecule has 0 saturated carbocycles. The first-order valence-electron chi connectivity index (χ1n) is 9.33. The SMILES string of the molecule is COc1ccc(OC)c(NC(=O)C2CCc3[nH]c4ccc(OC)cc4c3C2)c1. The van der Waals surface area contributed by atoms with Gasteiger partial charge in [0.25, 0.3) is 0 Å². The maximum Gasteiger partial charge on any atom is 0.227 e. The lowest BCUT2D eigenvalue weighted by Crippen LogP contribution is -2.28. The summed E-state index contributed by atoms with van der Waals surface area (Å²) in [6, 6.07) is 11.4. The smallest absolute Gasteiger partial charge is 0.227 e. The second kappa shape index (κ2) is 7.46. The molecule has 1 unspecified atom stereocenters. The first-order chi connectivity index (χ1) is 13.6. The molecule has 0 spiro atoms. The van der Waals surface area contributed by atoms with E-state index in [9.17, 15) is 4.79 Å². The minimum absolute atomic E-state index is 0.00514. The fourth-order valence-electron chi connectivity index (χ4n) is 3.89. The largest absolute Gasteiger partial charge is 0.497 e. The zero-order valence-electron chi connectivity index (χ0n) is 16.3. The van der Waals surface area contributed by atoms with Gasteiger partial charge in [-0.15, -0.1) is 0 Å². The quantitative estimate of drug-likeness (QED) is 0.703. The number of hydrogen-bond donors (Lipinski definition) is 2. The molecule has 1 aliphatic carbocycles. The number of anilines is 1.